The van der Waals surface area contributed by atoms with Crippen molar-refractivity contribution in [2.24, 2.45) is 10.3 Å². The SMILES string of the molecule is Cc1ccc(S(=O)(=O)/N=C2/[C@H]([C@@H](O)c3ccccc3)CCN2C(C)C)cc1. The number of aliphatic hydroxyl groups is 1. The lowest BCUT2D eigenvalue weighted by molar-refractivity contribution is 0.141. The van der Waals surface area contributed by atoms with Gasteiger partial charge in [-0.05, 0) is 44.9 Å². The Morgan fingerprint density at radius 3 is 2.30 bits per heavy atom. The summed E-state index contributed by atoms with van der Waals surface area (Å²) in [5.74, 6) is 0.0944. The van der Waals surface area contributed by atoms with Crippen molar-refractivity contribution in [2.75, 3.05) is 6.54 Å². The molecule has 0 radical (unpaired) electrons. The minimum absolute atomic E-state index is 0.102. The van der Waals surface area contributed by atoms with Crippen LogP contribution in [0.15, 0.2) is 63.9 Å². The molecule has 0 saturated carbocycles. The van der Waals surface area contributed by atoms with Crippen LogP contribution in [0.4, 0.5) is 0 Å². The molecule has 1 aliphatic rings. The van der Waals surface area contributed by atoms with E-state index in [9.17, 15) is 13.5 Å². The van der Waals surface area contributed by atoms with E-state index in [2.05, 4.69) is 4.40 Å². The highest BCUT2D eigenvalue weighted by atomic mass is 32.2. The maximum absolute atomic E-state index is 12.9. The molecule has 2 atom stereocenters. The Hall–Kier alpha value is -2.18. The Balaban J connectivity index is 2.01. The molecule has 0 aliphatic carbocycles. The van der Waals surface area contributed by atoms with Gasteiger partial charge in [0.1, 0.15) is 5.84 Å². The van der Waals surface area contributed by atoms with Gasteiger partial charge in [-0.1, -0.05) is 48.0 Å². The van der Waals surface area contributed by atoms with Gasteiger partial charge >= 0.3 is 0 Å². The lowest BCUT2D eigenvalue weighted by atomic mass is 9.94. The summed E-state index contributed by atoms with van der Waals surface area (Å²) in [7, 11) is -3.84. The van der Waals surface area contributed by atoms with Crippen molar-refractivity contribution in [2.45, 2.75) is 44.2 Å². The summed E-state index contributed by atoms with van der Waals surface area (Å²) in [6.07, 6.45) is -0.127. The third kappa shape index (κ3) is 4.22. The molecule has 1 heterocycles. The first-order valence-electron chi connectivity index (χ1n) is 9.21. The second-order valence-electron chi connectivity index (χ2n) is 7.28. The van der Waals surface area contributed by atoms with Crippen molar-refractivity contribution < 1.29 is 13.5 Å². The average Bonchev–Trinajstić information content (AvgIpc) is 3.05. The molecular formula is C21H26N2O3S. The zero-order valence-electron chi connectivity index (χ0n) is 15.9. The van der Waals surface area contributed by atoms with E-state index in [0.29, 0.717) is 18.8 Å². The van der Waals surface area contributed by atoms with Gasteiger partial charge in [0, 0.05) is 18.5 Å². The van der Waals surface area contributed by atoms with Crippen LogP contribution in [0, 0.1) is 12.8 Å². The van der Waals surface area contributed by atoms with Gasteiger partial charge in [-0.2, -0.15) is 8.42 Å². The molecule has 1 fully saturated rings. The number of aryl methyl sites for hydroxylation is 1. The predicted molar refractivity (Wildman–Crippen MR) is 107 cm³/mol. The van der Waals surface area contributed by atoms with E-state index in [1.165, 1.54) is 0 Å². The lowest BCUT2D eigenvalue weighted by Gasteiger charge is -2.26. The minimum atomic E-state index is -3.84. The van der Waals surface area contributed by atoms with Crippen molar-refractivity contribution in [1.82, 2.24) is 4.90 Å². The smallest absolute Gasteiger partial charge is 0.283 e. The summed E-state index contributed by atoms with van der Waals surface area (Å²) in [6, 6.07) is 16.1. The molecule has 0 unspecified atom stereocenters. The van der Waals surface area contributed by atoms with Crippen molar-refractivity contribution in [3.05, 3.63) is 65.7 Å². The second-order valence-corrected chi connectivity index (χ2v) is 8.88. The first-order valence-corrected chi connectivity index (χ1v) is 10.6. The fraction of sp³-hybridized carbons (Fsp3) is 0.381. The first kappa shape index (κ1) is 19.6. The molecule has 6 heteroatoms. The topological polar surface area (TPSA) is 70.0 Å². The Bertz CT molecular complexity index is 906. The molecule has 0 bridgehead atoms. The number of hydrogen-bond donors (Lipinski definition) is 1. The molecular weight excluding hydrogens is 360 g/mol. The van der Waals surface area contributed by atoms with E-state index < -0.39 is 16.1 Å². The molecule has 2 aromatic carbocycles. The number of likely N-dealkylation sites (tertiary alicyclic amines) is 1. The number of aliphatic hydroxyl groups excluding tert-OH is 1. The van der Waals surface area contributed by atoms with E-state index in [1.54, 1.807) is 24.3 Å². The van der Waals surface area contributed by atoms with Gasteiger partial charge in [0.25, 0.3) is 10.0 Å². The molecule has 27 heavy (non-hydrogen) atoms. The van der Waals surface area contributed by atoms with Crippen molar-refractivity contribution >= 4 is 15.9 Å². The van der Waals surface area contributed by atoms with Crippen LogP contribution < -0.4 is 0 Å². The number of benzene rings is 2. The second kappa shape index (κ2) is 7.82. The Kier molecular flexibility index (Phi) is 5.67. The molecule has 1 aliphatic heterocycles. The van der Waals surface area contributed by atoms with Crippen molar-refractivity contribution in [3.63, 3.8) is 0 Å². The summed E-state index contributed by atoms with van der Waals surface area (Å²) in [4.78, 5) is 2.15. The predicted octanol–water partition coefficient (Wildman–Crippen LogP) is 3.55. The molecule has 2 aromatic rings. The Morgan fingerprint density at radius 2 is 1.70 bits per heavy atom. The van der Waals surface area contributed by atoms with Gasteiger partial charge in [-0.25, -0.2) is 0 Å². The van der Waals surface area contributed by atoms with E-state index in [-0.39, 0.29) is 16.9 Å². The third-order valence-corrected chi connectivity index (χ3v) is 6.28. The van der Waals surface area contributed by atoms with E-state index in [0.717, 1.165) is 11.1 Å². The van der Waals surface area contributed by atoms with E-state index in [4.69, 9.17) is 0 Å². The standard InChI is InChI=1S/C21H26N2O3S/c1-15(2)23-14-13-19(20(24)17-7-5-4-6-8-17)21(23)22-27(25,26)18-11-9-16(3)10-12-18/h4-12,15,19-20,24H,13-14H2,1-3H3/b22-21-/t19-,20-/m0/s1. The van der Waals surface area contributed by atoms with Crippen LogP contribution in [0.2, 0.25) is 0 Å². The minimum Gasteiger partial charge on any atom is -0.388 e. The van der Waals surface area contributed by atoms with Crippen LogP contribution in [0.25, 0.3) is 0 Å². The molecule has 0 amide bonds. The Labute approximate surface area is 161 Å². The fourth-order valence-corrected chi connectivity index (χ4v) is 4.52. The molecule has 0 aromatic heterocycles. The maximum atomic E-state index is 12.9. The van der Waals surface area contributed by atoms with Crippen LogP contribution in [-0.4, -0.2) is 36.8 Å². The van der Waals surface area contributed by atoms with Crippen molar-refractivity contribution in [3.8, 4) is 0 Å². The van der Waals surface area contributed by atoms with E-state index >= 15 is 0 Å². The average molecular weight is 387 g/mol. The third-order valence-electron chi connectivity index (χ3n) is 4.99. The highest BCUT2D eigenvalue weighted by molar-refractivity contribution is 7.90. The van der Waals surface area contributed by atoms with Crippen LogP contribution in [0.1, 0.15) is 37.5 Å². The van der Waals surface area contributed by atoms with Gasteiger partial charge in [0.05, 0.1) is 11.0 Å². The van der Waals surface area contributed by atoms with Crippen LogP contribution >= 0.6 is 0 Å². The van der Waals surface area contributed by atoms with Crippen LogP contribution in [0.3, 0.4) is 0 Å². The monoisotopic (exact) mass is 386 g/mol. The zero-order chi connectivity index (χ0) is 19.6. The van der Waals surface area contributed by atoms with Crippen molar-refractivity contribution in [1.29, 1.82) is 0 Å². The fourth-order valence-electron chi connectivity index (χ4n) is 3.45. The van der Waals surface area contributed by atoms with Gasteiger partial charge in [0.15, 0.2) is 0 Å². The molecule has 0 spiro atoms. The molecule has 1 N–H and O–H groups in total. The first-order chi connectivity index (χ1) is 12.8. The largest absolute Gasteiger partial charge is 0.388 e. The molecule has 5 nitrogen and oxygen atoms in total. The maximum Gasteiger partial charge on any atom is 0.283 e. The number of rotatable bonds is 5. The van der Waals surface area contributed by atoms with Crippen LogP contribution in [-0.2, 0) is 10.0 Å². The molecule has 1 saturated heterocycles. The quantitative estimate of drug-likeness (QED) is 0.853. The van der Waals surface area contributed by atoms with Gasteiger partial charge < -0.3 is 10.0 Å². The normalized spacial score (nSPS) is 20.4. The number of sulfonamides is 1. The van der Waals surface area contributed by atoms with E-state index in [1.807, 2.05) is 56.0 Å². The molecule has 144 valence electrons. The highest BCUT2D eigenvalue weighted by Crippen LogP contribution is 2.34. The van der Waals surface area contributed by atoms with Crippen LogP contribution in [0.5, 0.6) is 0 Å². The number of hydrogen-bond acceptors (Lipinski definition) is 3. The number of amidine groups is 1. The zero-order valence-corrected chi connectivity index (χ0v) is 16.7. The summed E-state index contributed by atoms with van der Waals surface area (Å²) >= 11 is 0. The van der Waals surface area contributed by atoms with Gasteiger partial charge in [-0.15, -0.1) is 4.40 Å². The summed E-state index contributed by atoms with van der Waals surface area (Å²) in [5.41, 5.74) is 1.76. The lowest BCUT2D eigenvalue weighted by Crippen LogP contribution is -2.36. The van der Waals surface area contributed by atoms with Gasteiger partial charge in [0.2, 0.25) is 0 Å². The summed E-state index contributed by atoms with van der Waals surface area (Å²) in [5, 5.41) is 10.9. The number of nitrogens with zero attached hydrogens (tertiary/aromatic N) is 2. The van der Waals surface area contributed by atoms with Gasteiger partial charge in [-0.3, -0.25) is 0 Å². The summed E-state index contributed by atoms with van der Waals surface area (Å²) in [6.45, 7) is 6.59. The Morgan fingerprint density at radius 1 is 1.07 bits per heavy atom. The molecule has 3 rings (SSSR count). The summed E-state index contributed by atoms with van der Waals surface area (Å²) < 4.78 is 29.9. The highest BCUT2D eigenvalue weighted by Gasteiger charge is 2.38.